The summed E-state index contributed by atoms with van der Waals surface area (Å²) in [7, 11) is 1.73. The molecule has 154 valence electrons. The predicted octanol–water partition coefficient (Wildman–Crippen LogP) is 4.53. The number of imide groups is 1. The van der Waals surface area contributed by atoms with Gasteiger partial charge in [-0.15, -0.1) is 11.3 Å². The standard InChI is InChI=1S/C23H23N3O3S/c1-4-5-12-26-22(28)16-11-10-15(13-17(16)23(26)29)21(27)25(3)14(2)20-24-18-8-6-7-9-19(18)30-20/h6-11,13-14H,4-5,12H2,1-3H3/t14-/m1/s1. The summed E-state index contributed by atoms with van der Waals surface area (Å²) in [6, 6.07) is 12.4. The van der Waals surface area contributed by atoms with Crippen LogP contribution in [-0.2, 0) is 0 Å². The van der Waals surface area contributed by atoms with Gasteiger partial charge in [0, 0.05) is 19.2 Å². The monoisotopic (exact) mass is 421 g/mol. The molecule has 4 rings (SSSR count). The van der Waals surface area contributed by atoms with Crippen LogP contribution in [0.3, 0.4) is 0 Å². The van der Waals surface area contributed by atoms with Crippen molar-refractivity contribution in [1.29, 1.82) is 0 Å². The molecule has 0 unspecified atom stereocenters. The molecule has 0 N–H and O–H groups in total. The minimum atomic E-state index is -0.319. The number of carbonyl (C=O) groups is 3. The molecule has 0 saturated heterocycles. The number of benzene rings is 2. The maximum Gasteiger partial charge on any atom is 0.261 e. The average molecular weight is 422 g/mol. The molecule has 7 heteroatoms. The van der Waals surface area contributed by atoms with Crippen LogP contribution in [0.15, 0.2) is 42.5 Å². The van der Waals surface area contributed by atoms with Crippen LogP contribution in [-0.4, -0.2) is 46.1 Å². The fraction of sp³-hybridized carbons (Fsp3) is 0.304. The van der Waals surface area contributed by atoms with Crippen LogP contribution in [0.5, 0.6) is 0 Å². The largest absolute Gasteiger partial charge is 0.333 e. The zero-order chi connectivity index (χ0) is 21.4. The van der Waals surface area contributed by atoms with Gasteiger partial charge in [0.2, 0.25) is 0 Å². The topological polar surface area (TPSA) is 70.6 Å². The molecule has 3 amide bonds. The molecule has 30 heavy (non-hydrogen) atoms. The Kier molecular flexibility index (Phi) is 5.39. The molecule has 0 bridgehead atoms. The summed E-state index contributed by atoms with van der Waals surface area (Å²) < 4.78 is 1.08. The summed E-state index contributed by atoms with van der Waals surface area (Å²) in [6.45, 7) is 4.35. The van der Waals surface area contributed by atoms with Crippen molar-refractivity contribution >= 4 is 39.3 Å². The summed E-state index contributed by atoms with van der Waals surface area (Å²) in [4.78, 5) is 45.8. The van der Waals surface area contributed by atoms with Crippen molar-refractivity contribution in [2.75, 3.05) is 13.6 Å². The van der Waals surface area contributed by atoms with Crippen molar-refractivity contribution in [2.24, 2.45) is 0 Å². The van der Waals surface area contributed by atoms with E-state index in [0.29, 0.717) is 23.2 Å². The number of para-hydroxylation sites is 1. The smallest absolute Gasteiger partial charge is 0.261 e. The highest BCUT2D eigenvalue weighted by atomic mass is 32.1. The van der Waals surface area contributed by atoms with E-state index in [4.69, 9.17) is 0 Å². The molecular weight excluding hydrogens is 398 g/mol. The third-order valence-corrected chi connectivity index (χ3v) is 6.73. The molecule has 1 atom stereocenters. The molecule has 0 spiro atoms. The number of carbonyl (C=O) groups excluding carboxylic acids is 3. The van der Waals surface area contributed by atoms with Crippen LogP contribution in [0.4, 0.5) is 0 Å². The van der Waals surface area contributed by atoms with Gasteiger partial charge >= 0.3 is 0 Å². The van der Waals surface area contributed by atoms with Crippen molar-refractivity contribution < 1.29 is 14.4 Å². The highest BCUT2D eigenvalue weighted by Gasteiger charge is 2.36. The maximum atomic E-state index is 13.1. The number of aromatic nitrogens is 1. The van der Waals surface area contributed by atoms with Crippen molar-refractivity contribution in [3.8, 4) is 0 Å². The molecule has 6 nitrogen and oxygen atoms in total. The summed E-state index contributed by atoms with van der Waals surface area (Å²) in [5.74, 6) is -0.810. The fourth-order valence-corrected chi connectivity index (χ4v) is 4.62. The van der Waals surface area contributed by atoms with Crippen LogP contribution in [0.2, 0.25) is 0 Å². The number of hydrogen-bond acceptors (Lipinski definition) is 5. The van der Waals surface area contributed by atoms with E-state index in [1.165, 1.54) is 4.90 Å². The first-order valence-electron chi connectivity index (χ1n) is 10.0. The van der Waals surface area contributed by atoms with Gasteiger partial charge in [0.1, 0.15) is 5.01 Å². The Hall–Kier alpha value is -3.06. The van der Waals surface area contributed by atoms with Gasteiger partial charge in [0.25, 0.3) is 17.7 Å². The van der Waals surface area contributed by atoms with Gasteiger partial charge in [-0.05, 0) is 43.7 Å². The second-order valence-corrected chi connectivity index (χ2v) is 8.55. The molecule has 2 aromatic carbocycles. The molecule has 0 aliphatic carbocycles. The first kappa shape index (κ1) is 20.2. The van der Waals surface area contributed by atoms with Gasteiger partial charge in [-0.2, -0.15) is 0 Å². The SMILES string of the molecule is CCCCN1C(=O)c2ccc(C(=O)N(C)[C@H](C)c3nc4ccccc4s3)cc2C1=O. The van der Waals surface area contributed by atoms with E-state index in [1.54, 1.807) is 41.5 Å². The van der Waals surface area contributed by atoms with Crippen molar-refractivity contribution in [3.63, 3.8) is 0 Å². The van der Waals surface area contributed by atoms with Crippen molar-refractivity contribution in [3.05, 3.63) is 64.2 Å². The quantitative estimate of drug-likeness (QED) is 0.549. The predicted molar refractivity (Wildman–Crippen MR) is 117 cm³/mol. The molecular formula is C23H23N3O3S. The number of fused-ring (bicyclic) bond motifs is 2. The average Bonchev–Trinajstić information content (AvgIpc) is 3.30. The van der Waals surface area contributed by atoms with Crippen molar-refractivity contribution in [1.82, 2.24) is 14.8 Å². The number of amides is 3. The molecule has 0 saturated carbocycles. The van der Waals surface area contributed by atoms with Crippen LogP contribution in [0.1, 0.15) is 68.8 Å². The molecule has 3 aromatic rings. The van der Waals surface area contributed by atoms with Gasteiger partial charge in [-0.3, -0.25) is 19.3 Å². The lowest BCUT2D eigenvalue weighted by atomic mass is 10.0. The van der Waals surface area contributed by atoms with E-state index in [-0.39, 0.29) is 23.8 Å². The maximum absolute atomic E-state index is 13.1. The number of unbranched alkanes of at least 4 members (excludes halogenated alkanes) is 1. The minimum Gasteiger partial charge on any atom is -0.333 e. The summed E-state index contributed by atoms with van der Waals surface area (Å²) in [6.07, 6.45) is 1.66. The number of nitrogens with zero attached hydrogens (tertiary/aromatic N) is 3. The highest BCUT2D eigenvalue weighted by Crippen LogP contribution is 2.30. The molecule has 1 aromatic heterocycles. The highest BCUT2D eigenvalue weighted by molar-refractivity contribution is 7.18. The summed E-state index contributed by atoms with van der Waals surface area (Å²) >= 11 is 1.56. The summed E-state index contributed by atoms with van der Waals surface area (Å²) in [5, 5.41) is 0.852. The van der Waals surface area contributed by atoms with E-state index >= 15 is 0 Å². The Morgan fingerprint density at radius 3 is 2.60 bits per heavy atom. The third kappa shape index (κ3) is 3.39. The lowest BCUT2D eigenvalue weighted by Gasteiger charge is -2.23. The second kappa shape index (κ2) is 7.99. The number of rotatable bonds is 6. The Bertz CT molecular complexity index is 1120. The number of thiazole rings is 1. The van der Waals surface area contributed by atoms with Crippen LogP contribution in [0.25, 0.3) is 10.2 Å². The molecule has 1 aliphatic heterocycles. The molecule has 2 heterocycles. The van der Waals surface area contributed by atoms with Gasteiger partial charge in [-0.1, -0.05) is 25.5 Å². The van der Waals surface area contributed by atoms with Gasteiger partial charge in [-0.25, -0.2) is 4.98 Å². The lowest BCUT2D eigenvalue weighted by molar-refractivity contribution is 0.0651. The normalized spacial score (nSPS) is 14.3. The van der Waals surface area contributed by atoms with E-state index in [1.807, 2.05) is 38.1 Å². The second-order valence-electron chi connectivity index (χ2n) is 7.49. The minimum absolute atomic E-state index is 0.211. The molecule has 1 aliphatic rings. The lowest BCUT2D eigenvalue weighted by Crippen LogP contribution is -2.30. The molecule has 0 radical (unpaired) electrons. The first-order chi connectivity index (χ1) is 14.4. The zero-order valence-corrected chi connectivity index (χ0v) is 18.0. The Morgan fingerprint density at radius 1 is 1.13 bits per heavy atom. The van der Waals surface area contributed by atoms with E-state index in [0.717, 1.165) is 28.1 Å². The Balaban J connectivity index is 1.57. The Labute approximate surface area is 179 Å². The third-order valence-electron chi connectivity index (χ3n) is 5.52. The van der Waals surface area contributed by atoms with E-state index < -0.39 is 0 Å². The van der Waals surface area contributed by atoms with Crippen LogP contribution < -0.4 is 0 Å². The van der Waals surface area contributed by atoms with Crippen LogP contribution >= 0.6 is 11.3 Å². The van der Waals surface area contributed by atoms with Gasteiger partial charge in [0.05, 0.1) is 27.4 Å². The van der Waals surface area contributed by atoms with Gasteiger partial charge < -0.3 is 4.90 Å². The van der Waals surface area contributed by atoms with Crippen LogP contribution in [0, 0.1) is 0 Å². The summed E-state index contributed by atoms with van der Waals surface area (Å²) in [5.41, 5.74) is 1.99. The Morgan fingerprint density at radius 2 is 1.87 bits per heavy atom. The number of hydrogen-bond donors (Lipinski definition) is 0. The molecule has 0 fully saturated rings. The van der Waals surface area contributed by atoms with E-state index in [2.05, 4.69) is 4.98 Å². The van der Waals surface area contributed by atoms with Gasteiger partial charge in [0.15, 0.2) is 0 Å². The zero-order valence-electron chi connectivity index (χ0n) is 17.2. The van der Waals surface area contributed by atoms with E-state index in [9.17, 15) is 14.4 Å². The first-order valence-corrected chi connectivity index (χ1v) is 10.9. The fourth-order valence-electron chi connectivity index (χ4n) is 3.56. The van der Waals surface area contributed by atoms with Crippen molar-refractivity contribution in [2.45, 2.75) is 32.7 Å².